The molecule has 1 amide bonds. The van der Waals surface area contributed by atoms with Gasteiger partial charge in [-0.15, -0.1) is 0 Å². The Morgan fingerprint density at radius 2 is 1.59 bits per heavy atom. The summed E-state index contributed by atoms with van der Waals surface area (Å²) in [6.07, 6.45) is 0. The van der Waals surface area contributed by atoms with Gasteiger partial charge >= 0.3 is 0 Å². The summed E-state index contributed by atoms with van der Waals surface area (Å²) in [4.78, 5) is 17.2. The third-order valence-corrected chi connectivity index (χ3v) is 6.56. The van der Waals surface area contributed by atoms with Gasteiger partial charge in [0, 0.05) is 66.6 Å². The summed E-state index contributed by atoms with van der Waals surface area (Å²) in [5.41, 5.74) is 4.64. The zero-order valence-corrected chi connectivity index (χ0v) is 18.8. The van der Waals surface area contributed by atoms with Crippen molar-refractivity contribution in [3.05, 3.63) is 77.9 Å². The second-order valence-corrected chi connectivity index (χ2v) is 8.41. The number of carbonyl (C=O) groups excluding carboxylic acids is 1. The molecular weight excluding hydrogens is 398 g/mol. The third kappa shape index (κ3) is 3.73. The number of nitrogens with zero attached hydrogens (tertiary/aromatic N) is 3. The average molecular weight is 428 g/mol. The van der Waals surface area contributed by atoms with E-state index in [2.05, 4.69) is 58.9 Å². The number of hydrogen-bond donors (Lipinski definition) is 0. The summed E-state index contributed by atoms with van der Waals surface area (Å²) in [7, 11) is 1.63. The van der Waals surface area contributed by atoms with Gasteiger partial charge < -0.3 is 14.2 Å². The molecule has 5 heteroatoms. The van der Waals surface area contributed by atoms with Crippen molar-refractivity contribution in [3.8, 4) is 5.75 Å². The van der Waals surface area contributed by atoms with Gasteiger partial charge in [0.25, 0.3) is 5.91 Å². The van der Waals surface area contributed by atoms with Gasteiger partial charge in [-0.3, -0.25) is 9.69 Å². The number of amides is 1. The van der Waals surface area contributed by atoms with Crippen LogP contribution in [0.15, 0.2) is 66.7 Å². The van der Waals surface area contributed by atoms with Gasteiger partial charge in [-0.2, -0.15) is 0 Å². The van der Waals surface area contributed by atoms with Gasteiger partial charge in [-0.1, -0.05) is 24.3 Å². The standard InChI is InChI=1S/C27H29N3O2/c1-3-30-25-7-5-4-6-23(25)24-18-20(8-13-26(24)30)19-28-14-16-29(17-15-28)27(31)21-9-11-22(32-2)12-10-21/h4-13,18H,3,14-17,19H2,1-2H3. The molecule has 0 bridgehead atoms. The highest BCUT2D eigenvalue weighted by atomic mass is 16.5. The highest BCUT2D eigenvalue weighted by Crippen LogP contribution is 2.30. The van der Waals surface area contributed by atoms with Crippen molar-refractivity contribution in [2.24, 2.45) is 0 Å². The van der Waals surface area contributed by atoms with Gasteiger partial charge in [-0.25, -0.2) is 0 Å². The summed E-state index contributed by atoms with van der Waals surface area (Å²) in [6.45, 7) is 7.35. The Morgan fingerprint density at radius 1 is 0.875 bits per heavy atom. The van der Waals surface area contributed by atoms with E-state index in [1.165, 1.54) is 27.4 Å². The van der Waals surface area contributed by atoms with Gasteiger partial charge in [0.2, 0.25) is 0 Å². The zero-order valence-electron chi connectivity index (χ0n) is 18.8. The molecule has 2 heterocycles. The molecule has 0 aliphatic carbocycles. The summed E-state index contributed by atoms with van der Waals surface area (Å²) < 4.78 is 7.58. The molecule has 1 aliphatic rings. The summed E-state index contributed by atoms with van der Waals surface area (Å²) in [5, 5.41) is 2.65. The lowest BCUT2D eigenvalue weighted by atomic mass is 10.1. The number of rotatable bonds is 5. The number of methoxy groups -OCH3 is 1. The van der Waals surface area contributed by atoms with Crippen molar-refractivity contribution < 1.29 is 9.53 Å². The summed E-state index contributed by atoms with van der Waals surface area (Å²) in [5.74, 6) is 0.867. The molecule has 0 unspecified atom stereocenters. The molecule has 0 spiro atoms. The van der Waals surface area contributed by atoms with E-state index >= 15 is 0 Å². The van der Waals surface area contributed by atoms with Crippen LogP contribution in [0.4, 0.5) is 0 Å². The molecule has 1 aromatic heterocycles. The first kappa shape index (κ1) is 20.6. The average Bonchev–Trinajstić information content (AvgIpc) is 3.17. The van der Waals surface area contributed by atoms with Crippen molar-refractivity contribution >= 4 is 27.7 Å². The van der Waals surface area contributed by atoms with Crippen LogP contribution in [0.5, 0.6) is 5.75 Å². The first-order chi connectivity index (χ1) is 15.7. The maximum absolute atomic E-state index is 12.8. The van der Waals surface area contributed by atoms with E-state index in [4.69, 9.17) is 4.74 Å². The van der Waals surface area contributed by atoms with E-state index in [1.807, 2.05) is 29.2 Å². The number of carbonyl (C=O) groups is 1. The molecule has 0 radical (unpaired) electrons. The molecule has 32 heavy (non-hydrogen) atoms. The molecule has 1 aliphatic heterocycles. The van der Waals surface area contributed by atoms with E-state index in [-0.39, 0.29) is 5.91 Å². The minimum atomic E-state index is 0.0982. The first-order valence-corrected chi connectivity index (χ1v) is 11.3. The number of fused-ring (bicyclic) bond motifs is 3. The second kappa shape index (κ2) is 8.67. The van der Waals surface area contributed by atoms with E-state index in [0.29, 0.717) is 0 Å². The Hall–Kier alpha value is -3.31. The first-order valence-electron chi connectivity index (χ1n) is 11.3. The maximum atomic E-state index is 12.8. The Kier molecular flexibility index (Phi) is 5.58. The fourth-order valence-corrected chi connectivity index (χ4v) is 4.82. The molecule has 0 atom stereocenters. The molecule has 1 saturated heterocycles. The molecule has 164 valence electrons. The number of ether oxygens (including phenoxy) is 1. The largest absolute Gasteiger partial charge is 0.497 e. The van der Waals surface area contributed by atoms with E-state index < -0.39 is 0 Å². The van der Waals surface area contributed by atoms with Crippen LogP contribution < -0.4 is 4.74 Å². The fraction of sp³-hybridized carbons (Fsp3) is 0.296. The highest BCUT2D eigenvalue weighted by Gasteiger charge is 2.22. The van der Waals surface area contributed by atoms with Gasteiger partial charge in [0.1, 0.15) is 5.75 Å². The number of benzene rings is 3. The van der Waals surface area contributed by atoms with Crippen LogP contribution in [0.3, 0.4) is 0 Å². The van der Waals surface area contributed by atoms with E-state index in [9.17, 15) is 4.79 Å². The van der Waals surface area contributed by atoms with Crippen molar-refractivity contribution in [3.63, 3.8) is 0 Å². The molecule has 4 aromatic rings. The fourth-order valence-electron chi connectivity index (χ4n) is 4.82. The summed E-state index contributed by atoms with van der Waals surface area (Å²) >= 11 is 0. The number of aryl methyl sites for hydroxylation is 1. The zero-order chi connectivity index (χ0) is 22.1. The molecule has 5 nitrogen and oxygen atoms in total. The normalized spacial score (nSPS) is 14.9. The minimum Gasteiger partial charge on any atom is -0.497 e. The van der Waals surface area contributed by atoms with Crippen LogP contribution >= 0.6 is 0 Å². The molecule has 3 aromatic carbocycles. The number of piperazine rings is 1. The lowest BCUT2D eigenvalue weighted by Crippen LogP contribution is -2.48. The Balaban J connectivity index is 1.27. The van der Waals surface area contributed by atoms with Crippen LogP contribution in [0, 0.1) is 0 Å². The number of aromatic nitrogens is 1. The van der Waals surface area contributed by atoms with E-state index in [1.54, 1.807) is 7.11 Å². The van der Waals surface area contributed by atoms with E-state index in [0.717, 1.165) is 50.6 Å². The molecule has 5 rings (SSSR count). The predicted molar refractivity (Wildman–Crippen MR) is 129 cm³/mol. The predicted octanol–water partition coefficient (Wildman–Crippen LogP) is 4.78. The van der Waals surface area contributed by atoms with Crippen LogP contribution in [0.25, 0.3) is 21.8 Å². The lowest BCUT2D eigenvalue weighted by molar-refractivity contribution is 0.0628. The Bertz CT molecular complexity index is 1250. The molecule has 0 saturated carbocycles. The van der Waals surface area contributed by atoms with Crippen LogP contribution in [0.2, 0.25) is 0 Å². The van der Waals surface area contributed by atoms with Gasteiger partial charge in [0.05, 0.1) is 7.11 Å². The second-order valence-electron chi connectivity index (χ2n) is 8.41. The molecule has 1 fully saturated rings. The Morgan fingerprint density at radius 3 is 2.31 bits per heavy atom. The quantitative estimate of drug-likeness (QED) is 0.460. The minimum absolute atomic E-state index is 0.0982. The van der Waals surface area contributed by atoms with Crippen LogP contribution in [-0.4, -0.2) is 53.6 Å². The Labute approximate surface area is 188 Å². The lowest BCUT2D eigenvalue weighted by Gasteiger charge is -2.34. The number of hydrogen-bond acceptors (Lipinski definition) is 3. The van der Waals surface area contributed by atoms with Gasteiger partial charge in [-0.05, 0) is 55.0 Å². The molecule has 0 N–H and O–H groups in total. The smallest absolute Gasteiger partial charge is 0.253 e. The van der Waals surface area contributed by atoms with Crippen LogP contribution in [0.1, 0.15) is 22.8 Å². The van der Waals surface area contributed by atoms with Crippen LogP contribution in [-0.2, 0) is 13.1 Å². The SMILES string of the molecule is CCn1c2ccccc2c2cc(CN3CCN(C(=O)c4ccc(OC)cc4)CC3)ccc21. The van der Waals surface area contributed by atoms with Crippen molar-refractivity contribution in [1.29, 1.82) is 0 Å². The monoisotopic (exact) mass is 427 g/mol. The number of para-hydroxylation sites is 1. The topological polar surface area (TPSA) is 37.7 Å². The van der Waals surface area contributed by atoms with Gasteiger partial charge in [0.15, 0.2) is 0 Å². The third-order valence-electron chi connectivity index (χ3n) is 6.56. The highest BCUT2D eigenvalue weighted by molar-refractivity contribution is 6.08. The van der Waals surface area contributed by atoms with Crippen molar-refractivity contribution in [2.45, 2.75) is 20.0 Å². The summed E-state index contributed by atoms with van der Waals surface area (Å²) in [6, 6.07) is 22.9. The molecular formula is C27H29N3O2. The maximum Gasteiger partial charge on any atom is 0.253 e. The van der Waals surface area contributed by atoms with Crippen molar-refractivity contribution in [1.82, 2.24) is 14.4 Å². The van der Waals surface area contributed by atoms with Crippen molar-refractivity contribution in [2.75, 3.05) is 33.3 Å².